The second-order valence-corrected chi connectivity index (χ2v) is 7.52. The molecule has 0 saturated carbocycles. The molecule has 17 heavy (non-hydrogen) atoms. The minimum Gasteiger partial charge on any atom is -0.229 e. The Morgan fingerprint density at radius 1 is 1.29 bits per heavy atom. The summed E-state index contributed by atoms with van der Waals surface area (Å²) in [7, 11) is -2.90. The van der Waals surface area contributed by atoms with Gasteiger partial charge in [-0.15, -0.1) is 0 Å². The van der Waals surface area contributed by atoms with Crippen LogP contribution in [0.25, 0.3) is 0 Å². The Bertz CT molecular complexity index is 440. The Labute approximate surface area is 107 Å². The molecule has 0 bridgehead atoms. The van der Waals surface area contributed by atoms with Gasteiger partial charge in [0.05, 0.1) is 5.75 Å². The highest BCUT2D eigenvalue weighted by molar-refractivity contribution is 8.00. The number of benzene rings is 1. The SMILES string of the molecule is CC[C@H](SCCS(C)(=O)=O)c1ccc(F)cc1. The van der Waals surface area contributed by atoms with Crippen molar-refractivity contribution in [1.29, 1.82) is 0 Å². The van der Waals surface area contributed by atoms with Crippen LogP contribution in [0.1, 0.15) is 24.2 Å². The second-order valence-electron chi connectivity index (χ2n) is 3.95. The van der Waals surface area contributed by atoms with E-state index in [1.807, 2.05) is 6.92 Å². The van der Waals surface area contributed by atoms with Gasteiger partial charge in [-0.1, -0.05) is 19.1 Å². The summed E-state index contributed by atoms with van der Waals surface area (Å²) in [4.78, 5) is 0. The highest BCUT2D eigenvalue weighted by Gasteiger charge is 2.11. The van der Waals surface area contributed by atoms with E-state index < -0.39 is 9.84 Å². The fourth-order valence-electron chi connectivity index (χ4n) is 1.47. The highest BCUT2D eigenvalue weighted by Crippen LogP contribution is 2.31. The largest absolute Gasteiger partial charge is 0.229 e. The van der Waals surface area contributed by atoms with E-state index in [0.717, 1.165) is 12.0 Å². The standard InChI is InChI=1S/C12H17FO2S2/c1-3-12(16-8-9-17(2,14)15)10-4-6-11(13)7-5-10/h4-7,12H,3,8-9H2,1-2H3/t12-/m0/s1. The summed E-state index contributed by atoms with van der Waals surface area (Å²) in [6, 6.07) is 6.40. The maximum atomic E-state index is 12.8. The summed E-state index contributed by atoms with van der Waals surface area (Å²) >= 11 is 1.61. The van der Waals surface area contributed by atoms with Gasteiger partial charge in [0.25, 0.3) is 0 Å². The van der Waals surface area contributed by atoms with Crippen LogP contribution in [-0.2, 0) is 9.84 Å². The van der Waals surface area contributed by atoms with Crippen LogP contribution in [0.5, 0.6) is 0 Å². The first kappa shape index (κ1) is 14.5. The predicted octanol–water partition coefficient (Wildman–Crippen LogP) is 3.05. The van der Waals surface area contributed by atoms with Gasteiger partial charge in [0.1, 0.15) is 15.7 Å². The number of hydrogen-bond donors (Lipinski definition) is 0. The zero-order valence-electron chi connectivity index (χ0n) is 10.0. The zero-order valence-corrected chi connectivity index (χ0v) is 11.7. The zero-order chi connectivity index (χ0) is 12.9. The quantitative estimate of drug-likeness (QED) is 0.801. The molecule has 96 valence electrons. The maximum absolute atomic E-state index is 12.8. The molecule has 1 aromatic rings. The molecular weight excluding hydrogens is 259 g/mol. The molecule has 1 aromatic carbocycles. The molecule has 0 fully saturated rings. The van der Waals surface area contributed by atoms with E-state index in [2.05, 4.69) is 0 Å². The molecular formula is C12H17FO2S2. The van der Waals surface area contributed by atoms with Crippen molar-refractivity contribution >= 4 is 21.6 Å². The van der Waals surface area contributed by atoms with E-state index in [0.29, 0.717) is 5.75 Å². The first-order valence-corrected chi connectivity index (χ1v) is 8.58. The molecule has 0 radical (unpaired) electrons. The third kappa shape index (κ3) is 5.55. The molecule has 5 heteroatoms. The molecule has 0 amide bonds. The van der Waals surface area contributed by atoms with Gasteiger partial charge in [-0.25, -0.2) is 12.8 Å². The Hall–Kier alpha value is -0.550. The van der Waals surface area contributed by atoms with Crippen LogP contribution in [0.2, 0.25) is 0 Å². The topological polar surface area (TPSA) is 34.1 Å². The summed E-state index contributed by atoms with van der Waals surface area (Å²) in [6.45, 7) is 2.04. The van der Waals surface area contributed by atoms with Crippen LogP contribution in [0.15, 0.2) is 24.3 Å². The van der Waals surface area contributed by atoms with Crippen molar-refractivity contribution in [1.82, 2.24) is 0 Å². The third-order valence-corrected chi connectivity index (χ3v) is 5.04. The lowest BCUT2D eigenvalue weighted by Gasteiger charge is -2.14. The van der Waals surface area contributed by atoms with E-state index >= 15 is 0 Å². The third-order valence-electron chi connectivity index (χ3n) is 2.39. The average molecular weight is 276 g/mol. The van der Waals surface area contributed by atoms with E-state index in [4.69, 9.17) is 0 Å². The van der Waals surface area contributed by atoms with Crippen LogP contribution >= 0.6 is 11.8 Å². The number of thioether (sulfide) groups is 1. The molecule has 0 aliphatic heterocycles. The van der Waals surface area contributed by atoms with Crippen LogP contribution in [0, 0.1) is 5.82 Å². The molecule has 1 rings (SSSR count). The Morgan fingerprint density at radius 2 is 1.88 bits per heavy atom. The molecule has 0 heterocycles. The van der Waals surface area contributed by atoms with E-state index in [1.54, 1.807) is 23.9 Å². The Morgan fingerprint density at radius 3 is 2.35 bits per heavy atom. The summed E-state index contributed by atoms with van der Waals surface area (Å²) in [6.07, 6.45) is 2.15. The molecule has 0 spiro atoms. The Balaban J connectivity index is 2.57. The molecule has 0 saturated heterocycles. The maximum Gasteiger partial charge on any atom is 0.148 e. The number of halogens is 1. The molecule has 0 N–H and O–H groups in total. The fourth-order valence-corrected chi connectivity index (χ4v) is 3.93. The normalized spacial score (nSPS) is 13.6. The molecule has 2 nitrogen and oxygen atoms in total. The molecule has 0 aliphatic carbocycles. The fraction of sp³-hybridized carbons (Fsp3) is 0.500. The van der Waals surface area contributed by atoms with Crippen molar-refractivity contribution in [2.75, 3.05) is 17.8 Å². The van der Waals surface area contributed by atoms with Crippen LogP contribution in [0.3, 0.4) is 0 Å². The van der Waals surface area contributed by atoms with Gasteiger partial charge in [0.15, 0.2) is 0 Å². The van der Waals surface area contributed by atoms with Crippen molar-refractivity contribution in [2.45, 2.75) is 18.6 Å². The van der Waals surface area contributed by atoms with E-state index in [9.17, 15) is 12.8 Å². The van der Waals surface area contributed by atoms with E-state index in [1.165, 1.54) is 18.4 Å². The van der Waals surface area contributed by atoms with Crippen LogP contribution in [-0.4, -0.2) is 26.2 Å². The van der Waals surface area contributed by atoms with Crippen molar-refractivity contribution in [3.63, 3.8) is 0 Å². The van der Waals surface area contributed by atoms with Gasteiger partial charge in [0, 0.05) is 17.3 Å². The molecule has 0 aromatic heterocycles. The summed E-state index contributed by atoms with van der Waals surface area (Å²) in [5, 5.41) is 0.234. The molecule has 0 unspecified atom stereocenters. The number of rotatable bonds is 6. The molecule has 0 aliphatic rings. The summed E-state index contributed by atoms with van der Waals surface area (Å²) < 4.78 is 34.8. The second kappa shape index (κ2) is 6.40. The summed E-state index contributed by atoms with van der Waals surface area (Å²) in [5.74, 6) is 0.522. The van der Waals surface area contributed by atoms with Crippen molar-refractivity contribution in [3.05, 3.63) is 35.6 Å². The van der Waals surface area contributed by atoms with Gasteiger partial charge in [-0.05, 0) is 24.1 Å². The lowest BCUT2D eigenvalue weighted by Crippen LogP contribution is -2.06. The van der Waals surface area contributed by atoms with Crippen molar-refractivity contribution < 1.29 is 12.8 Å². The smallest absolute Gasteiger partial charge is 0.148 e. The van der Waals surface area contributed by atoms with Crippen LogP contribution in [0.4, 0.5) is 4.39 Å². The lowest BCUT2D eigenvalue weighted by atomic mass is 10.1. The van der Waals surface area contributed by atoms with Gasteiger partial charge >= 0.3 is 0 Å². The minimum atomic E-state index is -2.90. The predicted molar refractivity (Wildman–Crippen MR) is 71.6 cm³/mol. The van der Waals surface area contributed by atoms with Gasteiger partial charge in [-0.3, -0.25) is 0 Å². The first-order chi connectivity index (χ1) is 7.92. The summed E-state index contributed by atoms with van der Waals surface area (Å²) in [5.41, 5.74) is 1.05. The van der Waals surface area contributed by atoms with E-state index in [-0.39, 0.29) is 16.8 Å². The minimum absolute atomic E-state index is 0.190. The van der Waals surface area contributed by atoms with Crippen LogP contribution < -0.4 is 0 Å². The monoisotopic (exact) mass is 276 g/mol. The highest BCUT2D eigenvalue weighted by atomic mass is 32.2. The van der Waals surface area contributed by atoms with Gasteiger partial charge in [-0.2, -0.15) is 11.8 Å². The number of hydrogen-bond acceptors (Lipinski definition) is 3. The first-order valence-electron chi connectivity index (χ1n) is 5.47. The average Bonchev–Trinajstić information content (AvgIpc) is 2.24. The van der Waals surface area contributed by atoms with Gasteiger partial charge in [0.2, 0.25) is 0 Å². The van der Waals surface area contributed by atoms with Crippen molar-refractivity contribution in [2.24, 2.45) is 0 Å². The van der Waals surface area contributed by atoms with Crippen molar-refractivity contribution in [3.8, 4) is 0 Å². The number of sulfone groups is 1. The lowest BCUT2D eigenvalue weighted by molar-refractivity contribution is 0.603. The van der Waals surface area contributed by atoms with Gasteiger partial charge < -0.3 is 0 Å². The Kier molecular flexibility index (Phi) is 5.46. The molecule has 1 atom stereocenters.